The summed E-state index contributed by atoms with van der Waals surface area (Å²) in [6, 6.07) is 17.2. The van der Waals surface area contributed by atoms with E-state index in [1.165, 1.54) is 18.2 Å². The number of amides is 3. The molecule has 8 nitrogen and oxygen atoms in total. The molecule has 0 atom stereocenters. The van der Waals surface area contributed by atoms with Gasteiger partial charge >= 0.3 is 5.97 Å². The molecule has 3 aromatic rings. The van der Waals surface area contributed by atoms with E-state index < -0.39 is 23.7 Å². The van der Waals surface area contributed by atoms with Gasteiger partial charge in [-0.2, -0.15) is 0 Å². The van der Waals surface area contributed by atoms with Crippen LogP contribution < -0.4 is 15.5 Å². The zero-order valence-corrected chi connectivity index (χ0v) is 22.9. The van der Waals surface area contributed by atoms with E-state index in [1.54, 1.807) is 48.5 Å². The first-order chi connectivity index (χ1) is 18.7. The molecular formula is C28H22Cl3N3O5. The van der Waals surface area contributed by atoms with E-state index >= 15 is 0 Å². The second-order valence-electron chi connectivity index (χ2n) is 8.43. The van der Waals surface area contributed by atoms with Crippen molar-refractivity contribution in [3.05, 3.63) is 98.6 Å². The molecule has 1 aliphatic rings. The van der Waals surface area contributed by atoms with Gasteiger partial charge in [0.25, 0.3) is 17.7 Å². The maximum absolute atomic E-state index is 13.1. The van der Waals surface area contributed by atoms with Crippen LogP contribution in [0.3, 0.4) is 0 Å². The number of carbonyl (C=O) groups is 4. The van der Waals surface area contributed by atoms with Crippen LogP contribution in [0.1, 0.15) is 40.5 Å². The van der Waals surface area contributed by atoms with Crippen molar-refractivity contribution in [3.63, 3.8) is 0 Å². The van der Waals surface area contributed by atoms with Crippen LogP contribution in [0.15, 0.2) is 77.5 Å². The van der Waals surface area contributed by atoms with Crippen molar-refractivity contribution in [1.29, 1.82) is 0 Å². The molecule has 3 aromatic carbocycles. The summed E-state index contributed by atoms with van der Waals surface area (Å²) in [4.78, 5) is 51.6. The fraction of sp³-hybridized carbons (Fsp3) is 0.143. The van der Waals surface area contributed by atoms with E-state index in [0.717, 1.165) is 17.7 Å². The van der Waals surface area contributed by atoms with Gasteiger partial charge in [-0.05, 0) is 61.0 Å². The summed E-state index contributed by atoms with van der Waals surface area (Å²) in [7, 11) is 0. The monoisotopic (exact) mass is 585 g/mol. The Bertz CT molecular complexity index is 1490. The number of ether oxygens (including phenoxy) is 1. The minimum absolute atomic E-state index is 0.0340. The predicted molar refractivity (Wildman–Crippen MR) is 151 cm³/mol. The zero-order chi connectivity index (χ0) is 28.1. The highest BCUT2D eigenvalue weighted by atomic mass is 35.5. The van der Waals surface area contributed by atoms with Crippen LogP contribution in [0.5, 0.6) is 0 Å². The van der Waals surface area contributed by atoms with Gasteiger partial charge in [0.2, 0.25) is 0 Å². The molecule has 4 rings (SSSR count). The number of imide groups is 1. The first-order valence-electron chi connectivity index (χ1n) is 11.9. The summed E-state index contributed by atoms with van der Waals surface area (Å²) in [5, 5.41) is 5.46. The largest absolute Gasteiger partial charge is 0.462 e. The highest BCUT2D eigenvalue weighted by molar-refractivity contribution is 6.54. The molecule has 2 N–H and O–H groups in total. The number of carbonyl (C=O) groups excluding carboxylic acids is 4. The summed E-state index contributed by atoms with van der Waals surface area (Å²) in [6.07, 6.45) is 1.71. The normalized spacial score (nSPS) is 13.1. The molecular weight excluding hydrogens is 565 g/mol. The topological polar surface area (TPSA) is 105 Å². The first-order valence-corrected chi connectivity index (χ1v) is 13.0. The smallest absolute Gasteiger partial charge is 0.338 e. The van der Waals surface area contributed by atoms with Crippen LogP contribution in [0.4, 0.5) is 17.1 Å². The summed E-state index contributed by atoms with van der Waals surface area (Å²) in [5.74, 6) is -2.35. The van der Waals surface area contributed by atoms with Crippen LogP contribution in [-0.4, -0.2) is 30.3 Å². The Morgan fingerprint density at radius 1 is 0.872 bits per heavy atom. The Morgan fingerprint density at radius 3 is 2.31 bits per heavy atom. The Hall–Kier alpha value is -3.85. The van der Waals surface area contributed by atoms with Gasteiger partial charge in [0, 0.05) is 16.9 Å². The van der Waals surface area contributed by atoms with Crippen molar-refractivity contribution in [2.75, 3.05) is 22.1 Å². The third-order valence-electron chi connectivity index (χ3n) is 5.70. The number of anilines is 3. The van der Waals surface area contributed by atoms with E-state index in [1.807, 2.05) is 6.92 Å². The lowest BCUT2D eigenvalue weighted by atomic mass is 10.1. The van der Waals surface area contributed by atoms with Crippen LogP contribution in [-0.2, 0) is 14.3 Å². The highest BCUT2D eigenvalue weighted by Crippen LogP contribution is 2.37. The highest BCUT2D eigenvalue weighted by Gasteiger charge is 2.40. The van der Waals surface area contributed by atoms with Crippen LogP contribution in [0, 0.1) is 0 Å². The lowest BCUT2D eigenvalue weighted by Gasteiger charge is -2.17. The quantitative estimate of drug-likeness (QED) is 0.165. The van der Waals surface area contributed by atoms with Crippen molar-refractivity contribution >= 4 is 75.6 Å². The average Bonchev–Trinajstić information content (AvgIpc) is 3.13. The molecule has 0 radical (unpaired) electrons. The molecule has 0 bridgehead atoms. The number of unbranched alkanes of at least 4 members (excludes halogenated alkanes) is 1. The average molecular weight is 587 g/mol. The lowest BCUT2D eigenvalue weighted by molar-refractivity contribution is -0.120. The van der Waals surface area contributed by atoms with Crippen molar-refractivity contribution in [3.8, 4) is 0 Å². The predicted octanol–water partition coefficient (Wildman–Crippen LogP) is 6.64. The third kappa shape index (κ3) is 6.25. The van der Waals surface area contributed by atoms with Gasteiger partial charge in [-0.1, -0.05) is 60.3 Å². The Morgan fingerprint density at radius 2 is 1.59 bits per heavy atom. The van der Waals surface area contributed by atoms with Crippen LogP contribution in [0.25, 0.3) is 0 Å². The van der Waals surface area contributed by atoms with Gasteiger partial charge < -0.3 is 15.4 Å². The number of halogens is 3. The number of nitrogens with one attached hydrogen (secondary N) is 2. The number of hydrogen-bond acceptors (Lipinski definition) is 6. The Kier molecular flexibility index (Phi) is 8.91. The number of hydrogen-bond donors (Lipinski definition) is 2. The second-order valence-corrected chi connectivity index (χ2v) is 9.60. The van der Waals surface area contributed by atoms with Crippen molar-refractivity contribution in [2.45, 2.75) is 19.8 Å². The molecule has 0 saturated heterocycles. The molecule has 39 heavy (non-hydrogen) atoms. The third-order valence-corrected chi connectivity index (χ3v) is 6.86. The fourth-order valence-corrected chi connectivity index (χ4v) is 4.26. The van der Waals surface area contributed by atoms with Crippen molar-refractivity contribution in [2.24, 2.45) is 0 Å². The number of esters is 1. The molecule has 0 fully saturated rings. The van der Waals surface area contributed by atoms with E-state index in [-0.39, 0.29) is 32.0 Å². The molecule has 0 aliphatic carbocycles. The van der Waals surface area contributed by atoms with Crippen LogP contribution >= 0.6 is 34.8 Å². The van der Waals surface area contributed by atoms with Crippen molar-refractivity contribution in [1.82, 2.24) is 0 Å². The second kappa shape index (κ2) is 12.3. The minimum atomic E-state index is -0.764. The molecule has 1 aliphatic heterocycles. The van der Waals surface area contributed by atoms with Gasteiger partial charge in [0.1, 0.15) is 10.7 Å². The maximum Gasteiger partial charge on any atom is 0.338 e. The van der Waals surface area contributed by atoms with Gasteiger partial charge in [0.15, 0.2) is 0 Å². The summed E-state index contributed by atoms with van der Waals surface area (Å²) in [5.41, 5.74) is 1.40. The van der Waals surface area contributed by atoms with Gasteiger partial charge in [-0.15, -0.1) is 0 Å². The molecule has 0 spiro atoms. The summed E-state index contributed by atoms with van der Waals surface area (Å²) < 4.78 is 5.18. The summed E-state index contributed by atoms with van der Waals surface area (Å²) >= 11 is 18.4. The number of benzene rings is 3. The van der Waals surface area contributed by atoms with Crippen LogP contribution in [0.2, 0.25) is 10.0 Å². The molecule has 0 unspecified atom stereocenters. The summed E-state index contributed by atoms with van der Waals surface area (Å²) in [6.45, 7) is 2.36. The molecule has 0 saturated carbocycles. The molecule has 1 heterocycles. The Labute approximate surface area is 239 Å². The molecule has 0 aromatic heterocycles. The van der Waals surface area contributed by atoms with Gasteiger partial charge in [-0.25, -0.2) is 9.69 Å². The van der Waals surface area contributed by atoms with Crippen molar-refractivity contribution < 1.29 is 23.9 Å². The molecule has 3 amide bonds. The number of rotatable bonds is 9. The SMILES string of the molecule is CCCCOC(=O)c1ccc(NC(=O)c2cccc(NC3=C(Cl)C(=O)N(c4cccc(Cl)c4Cl)C3=O)c2)cc1. The van der Waals surface area contributed by atoms with E-state index in [9.17, 15) is 19.2 Å². The zero-order valence-electron chi connectivity index (χ0n) is 20.6. The number of nitrogens with zero attached hydrogens (tertiary/aromatic N) is 1. The van der Waals surface area contributed by atoms with Gasteiger partial charge in [0.05, 0.1) is 27.9 Å². The first kappa shape index (κ1) is 28.2. The standard InChI is InChI=1S/C28H22Cl3N3O5/c1-2-3-14-39-28(38)16-10-12-18(13-11-16)33-25(35)17-6-4-7-19(15-17)32-24-23(31)26(36)34(27(24)37)21-9-5-8-20(29)22(21)30/h4-13,15,32H,2-3,14H2,1H3,(H,33,35). The minimum Gasteiger partial charge on any atom is -0.462 e. The lowest BCUT2D eigenvalue weighted by Crippen LogP contribution is -2.32. The fourth-order valence-electron chi connectivity index (χ4n) is 3.66. The van der Waals surface area contributed by atoms with E-state index in [4.69, 9.17) is 39.5 Å². The van der Waals surface area contributed by atoms with Gasteiger partial charge in [-0.3, -0.25) is 14.4 Å². The van der Waals surface area contributed by atoms with E-state index in [2.05, 4.69) is 10.6 Å². The van der Waals surface area contributed by atoms with E-state index in [0.29, 0.717) is 23.5 Å². The molecule has 200 valence electrons. The molecule has 11 heteroatoms. The Balaban J connectivity index is 1.45. The maximum atomic E-state index is 13.1.